The molecule has 1 rings (SSSR count). The van der Waals surface area contributed by atoms with Gasteiger partial charge in [0, 0.05) is 25.8 Å². The number of imidazole rings is 1. The Morgan fingerprint density at radius 3 is 2.69 bits per heavy atom. The minimum atomic E-state index is -3.60. The van der Waals surface area contributed by atoms with Crippen LogP contribution >= 0.6 is 0 Å². The normalized spacial score (nSPS) is 14.3. The highest BCUT2D eigenvalue weighted by Gasteiger charge is 2.26. The zero-order chi connectivity index (χ0) is 12.3. The monoisotopic (exact) mass is 247 g/mol. The molecule has 1 N–H and O–H groups in total. The molecule has 1 aromatic heterocycles. The van der Waals surface area contributed by atoms with E-state index < -0.39 is 16.1 Å². The van der Waals surface area contributed by atoms with Crippen molar-refractivity contribution < 1.29 is 13.5 Å². The molecule has 1 unspecified atom stereocenters. The third kappa shape index (κ3) is 2.42. The fourth-order valence-electron chi connectivity index (χ4n) is 1.15. The van der Waals surface area contributed by atoms with Crippen LogP contribution in [0, 0.1) is 0 Å². The summed E-state index contributed by atoms with van der Waals surface area (Å²) in [6.07, 6.45) is 2.96. The van der Waals surface area contributed by atoms with Gasteiger partial charge >= 0.3 is 0 Å². The lowest BCUT2D eigenvalue weighted by atomic mass is 10.4. The lowest BCUT2D eigenvalue weighted by Gasteiger charge is -2.21. The first-order chi connectivity index (χ1) is 7.43. The molecule has 0 bridgehead atoms. The lowest BCUT2D eigenvalue weighted by Crippen LogP contribution is -2.37. The first-order valence-electron chi connectivity index (χ1n) is 5.04. The molecular formula is C9H17N3O3S. The third-order valence-corrected chi connectivity index (χ3v) is 4.36. The second kappa shape index (κ2) is 4.94. The Hall–Kier alpha value is -0.920. The molecule has 0 aliphatic rings. The van der Waals surface area contributed by atoms with Gasteiger partial charge < -0.3 is 9.67 Å². The number of rotatable bonds is 5. The van der Waals surface area contributed by atoms with Crippen LogP contribution in [-0.4, -0.2) is 47.1 Å². The Morgan fingerprint density at radius 1 is 1.62 bits per heavy atom. The SMILES string of the molecule is CCn1cnc(S(=O)(=O)N(C)C(C)CO)c1. The summed E-state index contributed by atoms with van der Waals surface area (Å²) in [5, 5.41) is 8.95. The zero-order valence-corrected chi connectivity index (χ0v) is 10.5. The van der Waals surface area contributed by atoms with Gasteiger partial charge in [0.2, 0.25) is 0 Å². The van der Waals surface area contributed by atoms with Crippen molar-refractivity contribution in [1.82, 2.24) is 13.9 Å². The second-order valence-corrected chi connectivity index (χ2v) is 5.54. The van der Waals surface area contributed by atoms with Crippen molar-refractivity contribution in [2.45, 2.75) is 31.5 Å². The molecule has 0 aliphatic heterocycles. The van der Waals surface area contributed by atoms with Crippen LogP contribution in [0.3, 0.4) is 0 Å². The number of aliphatic hydroxyl groups excluding tert-OH is 1. The predicted molar refractivity (Wildman–Crippen MR) is 59.4 cm³/mol. The van der Waals surface area contributed by atoms with E-state index in [9.17, 15) is 8.42 Å². The largest absolute Gasteiger partial charge is 0.395 e. The van der Waals surface area contributed by atoms with Crippen molar-refractivity contribution in [1.29, 1.82) is 0 Å². The highest BCUT2D eigenvalue weighted by atomic mass is 32.2. The van der Waals surface area contributed by atoms with Crippen LogP contribution in [0.2, 0.25) is 0 Å². The molecule has 0 saturated heterocycles. The van der Waals surface area contributed by atoms with E-state index in [1.165, 1.54) is 19.6 Å². The van der Waals surface area contributed by atoms with Crippen LogP contribution in [0.25, 0.3) is 0 Å². The van der Waals surface area contributed by atoms with Crippen molar-refractivity contribution in [2.24, 2.45) is 0 Å². The van der Waals surface area contributed by atoms with Crippen LogP contribution in [-0.2, 0) is 16.6 Å². The second-order valence-electron chi connectivity index (χ2n) is 3.60. The molecule has 0 saturated carbocycles. The van der Waals surface area contributed by atoms with Gasteiger partial charge in [0.25, 0.3) is 10.0 Å². The average molecular weight is 247 g/mol. The summed E-state index contributed by atoms with van der Waals surface area (Å²) in [5.74, 6) is 0. The Bertz CT molecular complexity index is 441. The minimum Gasteiger partial charge on any atom is -0.395 e. The van der Waals surface area contributed by atoms with Gasteiger partial charge in [0.1, 0.15) is 0 Å². The van der Waals surface area contributed by atoms with E-state index in [4.69, 9.17) is 5.11 Å². The number of aliphatic hydroxyl groups is 1. The van der Waals surface area contributed by atoms with Gasteiger partial charge in [-0.15, -0.1) is 0 Å². The van der Waals surface area contributed by atoms with E-state index >= 15 is 0 Å². The predicted octanol–water partition coefficient (Wildman–Crippen LogP) is -0.0957. The van der Waals surface area contributed by atoms with Crippen LogP contribution in [0.5, 0.6) is 0 Å². The highest BCUT2D eigenvalue weighted by Crippen LogP contribution is 2.13. The molecular weight excluding hydrogens is 230 g/mol. The molecule has 7 heteroatoms. The fourth-order valence-corrected chi connectivity index (χ4v) is 2.43. The standard InChI is InChI=1S/C9H17N3O3S/c1-4-12-5-9(10-7-12)16(14,15)11(3)8(2)6-13/h5,7-8,13H,4,6H2,1-3H3. The van der Waals surface area contributed by atoms with Gasteiger partial charge in [0.05, 0.1) is 12.9 Å². The Balaban J connectivity index is 3.01. The summed E-state index contributed by atoms with van der Waals surface area (Å²) in [6, 6.07) is -0.461. The maximum absolute atomic E-state index is 12.0. The number of nitrogens with zero attached hydrogens (tertiary/aromatic N) is 3. The van der Waals surface area contributed by atoms with E-state index in [-0.39, 0.29) is 11.6 Å². The van der Waals surface area contributed by atoms with E-state index in [0.29, 0.717) is 6.54 Å². The van der Waals surface area contributed by atoms with Gasteiger partial charge in [-0.2, -0.15) is 4.31 Å². The van der Waals surface area contributed by atoms with Crippen molar-refractivity contribution in [2.75, 3.05) is 13.7 Å². The number of sulfonamides is 1. The summed E-state index contributed by atoms with van der Waals surface area (Å²) in [5.41, 5.74) is 0. The van der Waals surface area contributed by atoms with E-state index in [1.54, 1.807) is 11.5 Å². The van der Waals surface area contributed by atoms with E-state index in [0.717, 1.165) is 4.31 Å². The van der Waals surface area contributed by atoms with Gasteiger partial charge in [-0.1, -0.05) is 0 Å². The van der Waals surface area contributed by atoms with Crippen molar-refractivity contribution >= 4 is 10.0 Å². The smallest absolute Gasteiger partial charge is 0.262 e. The molecule has 0 spiro atoms. The molecule has 0 aliphatic carbocycles. The molecule has 0 radical (unpaired) electrons. The van der Waals surface area contributed by atoms with Gasteiger partial charge in [-0.25, -0.2) is 13.4 Å². The summed E-state index contributed by atoms with van der Waals surface area (Å²) >= 11 is 0. The maximum Gasteiger partial charge on any atom is 0.262 e. The number of likely N-dealkylation sites (N-methyl/N-ethyl adjacent to an activating group) is 1. The molecule has 0 fully saturated rings. The zero-order valence-electron chi connectivity index (χ0n) is 9.66. The van der Waals surface area contributed by atoms with Gasteiger partial charge in [0.15, 0.2) is 5.03 Å². The highest BCUT2D eigenvalue weighted by molar-refractivity contribution is 7.89. The molecule has 16 heavy (non-hydrogen) atoms. The molecule has 1 atom stereocenters. The summed E-state index contributed by atoms with van der Waals surface area (Å²) in [7, 11) is -2.17. The van der Waals surface area contributed by atoms with Crippen molar-refractivity contribution in [3.63, 3.8) is 0 Å². The van der Waals surface area contributed by atoms with E-state index in [2.05, 4.69) is 4.98 Å². The Labute approximate surface area is 95.6 Å². The average Bonchev–Trinajstić information content (AvgIpc) is 2.75. The van der Waals surface area contributed by atoms with Crippen LogP contribution < -0.4 is 0 Å². The molecule has 0 aromatic carbocycles. The molecule has 0 amide bonds. The Morgan fingerprint density at radius 2 is 2.25 bits per heavy atom. The van der Waals surface area contributed by atoms with Crippen LogP contribution in [0.4, 0.5) is 0 Å². The topological polar surface area (TPSA) is 75.4 Å². The molecule has 92 valence electrons. The first-order valence-corrected chi connectivity index (χ1v) is 6.48. The molecule has 1 aromatic rings. The van der Waals surface area contributed by atoms with Crippen LogP contribution in [0.15, 0.2) is 17.6 Å². The summed E-state index contributed by atoms with van der Waals surface area (Å²) in [6.45, 7) is 3.98. The number of hydrogen-bond donors (Lipinski definition) is 1. The van der Waals surface area contributed by atoms with E-state index in [1.807, 2.05) is 6.92 Å². The molecule has 6 nitrogen and oxygen atoms in total. The van der Waals surface area contributed by atoms with Gasteiger partial charge in [-0.3, -0.25) is 0 Å². The quantitative estimate of drug-likeness (QED) is 0.788. The summed E-state index contributed by atoms with van der Waals surface area (Å²) < 4.78 is 26.8. The molecule has 1 heterocycles. The van der Waals surface area contributed by atoms with Gasteiger partial charge in [-0.05, 0) is 13.8 Å². The maximum atomic E-state index is 12.0. The Kier molecular flexibility index (Phi) is 4.06. The number of aryl methyl sites for hydroxylation is 1. The minimum absolute atomic E-state index is 0.0112. The first kappa shape index (κ1) is 13.1. The van der Waals surface area contributed by atoms with Crippen molar-refractivity contribution in [3.8, 4) is 0 Å². The lowest BCUT2D eigenvalue weighted by molar-refractivity contribution is 0.213. The summed E-state index contributed by atoms with van der Waals surface area (Å²) in [4.78, 5) is 3.85. The van der Waals surface area contributed by atoms with Crippen LogP contribution in [0.1, 0.15) is 13.8 Å². The number of hydrogen-bond acceptors (Lipinski definition) is 4. The number of aromatic nitrogens is 2. The van der Waals surface area contributed by atoms with Crippen molar-refractivity contribution in [3.05, 3.63) is 12.5 Å². The fraction of sp³-hybridized carbons (Fsp3) is 0.667. The third-order valence-electron chi connectivity index (χ3n) is 2.50.